The molecule has 86 valence electrons. The molecule has 0 aliphatic heterocycles. The van der Waals surface area contributed by atoms with Crippen molar-refractivity contribution >= 4 is 11.3 Å². The Morgan fingerprint density at radius 1 is 1.29 bits per heavy atom. The summed E-state index contributed by atoms with van der Waals surface area (Å²) in [5.41, 5.74) is 2.21. The number of aryl methyl sites for hydroxylation is 1. The molecule has 0 spiro atoms. The van der Waals surface area contributed by atoms with Crippen molar-refractivity contribution in [1.82, 2.24) is 19.3 Å². The van der Waals surface area contributed by atoms with Crippen LogP contribution in [0.1, 0.15) is 5.56 Å². The van der Waals surface area contributed by atoms with Crippen molar-refractivity contribution in [2.75, 3.05) is 0 Å². The fraction of sp³-hybridized carbons (Fsp3) is 0.167. The standard InChI is InChI=1S/C12H12N4S/c1-15-5-2-11(14-15)12-13-4-6-16(12)8-10-3-7-17-9-10/h2-7,9H,8H2,1H3. The van der Waals surface area contributed by atoms with Crippen molar-refractivity contribution in [2.24, 2.45) is 7.05 Å². The first-order chi connectivity index (χ1) is 8.33. The van der Waals surface area contributed by atoms with E-state index in [1.807, 2.05) is 31.7 Å². The molecule has 3 aromatic heterocycles. The first-order valence-electron chi connectivity index (χ1n) is 5.35. The Hall–Kier alpha value is -1.88. The summed E-state index contributed by atoms with van der Waals surface area (Å²) in [6.07, 6.45) is 5.73. The molecule has 0 saturated carbocycles. The third kappa shape index (κ3) is 2.01. The second-order valence-corrected chi connectivity index (χ2v) is 4.67. The SMILES string of the molecule is Cn1ccc(-c2nccn2Cc2ccsc2)n1. The Balaban J connectivity index is 1.94. The summed E-state index contributed by atoms with van der Waals surface area (Å²) < 4.78 is 3.91. The molecule has 0 bridgehead atoms. The third-order valence-electron chi connectivity index (χ3n) is 2.59. The van der Waals surface area contributed by atoms with E-state index >= 15 is 0 Å². The van der Waals surface area contributed by atoms with Gasteiger partial charge in [0.2, 0.25) is 0 Å². The van der Waals surface area contributed by atoms with Gasteiger partial charge in [-0.3, -0.25) is 4.68 Å². The van der Waals surface area contributed by atoms with Gasteiger partial charge in [0.15, 0.2) is 5.82 Å². The van der Waals surface area contributed by atoms with Crippen LogP contribution in [0, 0.1) is 0 Å². The highest BCUT2D eigenvalue weighted by Crippen LogP contribution is 2.17. The molecule has 3 rings (SSSR count). The van der Waals surface area contributed by atoms with Gasteiger partial charge < -0.3 is 4.57 Å². The molecule has 17 heavy (non-hydrogen) atoms. The van der Waals surface area contributed by atoms with Gasteiger partial charge in [-0.1, -0.05) is 0 Å². The molecule has 3 heterocycles. The largest absolute Gasteiger partial charge is 0.325 e. The van der Waals surface area contributed by atoms with Crippen LogP contribution >= 0.6 is 11.3 Å². The molecule has 0 unspecified atom stereocenters. The zero-order chi connectivity index (χ0) is 11.7. The van der Waals surface area contributed by atoms with Crippen molar-refractivity contribution < 1.29 is 0 Å². The van der Waals surface area contributed by atoms with E-state index in [0.717, 1.165) is 18.1 Å². The van der Waals surface area contributed by atoms with Crippen LogP contribution in [-0.2, 0) is 13.6 Å². The van der Waals surface area contributed by atoms with Gasteiger partial charge in [-0.05, 0) is 28.5 Å². The molecule has 0 amide bonds. The molecule has 0 aliphatic rings. The van der Waals surface area contributed by atoms with E-state index in [-0.39, 0.29) is 0 Å². The van der Waals surface area contributed by atoms with Gasteiger partial charge >= 0.3 is 0 Å². The summed E-state index contributed by atoms with van der Waals surface area (Å²) in [5.74, 6) is 0.914. The quantitative estimate of drug-likeness (QED) is 0.709. The molecule has 0 saturated heterocycles. The Morgan fingerprint density at radius 3 is 2.94 bits per heavy atom. The topological polar surface area (TPSA) is 35.6 Å². The number of aromatic nitrogens is 4. The molecular formula is C12H12N4S. The molecule has 0 N–H and O–H groups in total. The van der Waals surface area contributed by atoms with Gasteiger partial charge in [-0.2, -0.15) is 16.4 Å². The fourth-order valence-corrected chi connectivity index (χ4v) is 2.44. The Bertz CT molecular complexity index is 606. The van der Waals surface area contributed by atoms with E-state index < -0.39 is 0 Å². The summed E-state index contributed by atoms with van der Waals surface area (Å²) in [6.45, 7) is 0.843. The maximum Gasteiger partial charge on any atom is 0.160 e. The van der Waals surface area contributed by atoms with Crippen LogP contribution in [0.3, 0.4) is 0 Å². The maximum absolute atomic E-state index is 4.38. The number of rotatable bonds is 3. The maximum atomic E-state index is 4.38. The Morgan fingerprint density at radius 2 is 2.24 bits per heavy atom. The number of imidazole rings is 1. The predicted molar refractivity (Wildman–Crippen MR) is 67.9 cm³/mol. The first kappa shape index (κ1) is 10.3. The summed E-state index contributed by atoms with van der Waals surface area (Å²) in [6, 6.07) is 4.11. The van der Waals surface area contributed by atoms with Crippen LogP contribution in [0.15, 0.2) is 41.5 Å². The summed E-state index contributed by atoms with van der Waals surface area (Å²) >= 11 is 1.71. The minimum absolute atomic E-state index is 0.843. The lowest BCUT2D eigenvalue weighted by atomic mass is 10.3. The van der Waals surface area contributed by atoms with Crippen molar-refractivity contribution in [1.29, 1.82) is 0 Å². The smallest absolute Gasteiger partial charge is 0.160 e. The molecule has 5 heteroatoms. The second kappa shape index (κ2) is 4.18. The third-order valence-corrected chi connectivity index (χ3v) is 3.32. The molecule has 3 aromatic rings. The van der Waals surface area contributed by atoms with Gasteiger partial charge in [0.1, 0.15) is 5.69 Å². The molecule has 4 nitrogen and oxygen atoms in total. The van der Waals surface area contributed by atoms with Crippen LogP contribution in [-0.4, -0.2) is 19.3 Å². The summed E-state index contributed by atoms with van der Waals surface area (Å²) in [5, 5.41) is 8.62. The second-order valence-electron chi connectivity index (χ2n) is 3.88. The highest BCUT2D eigenvalue weighted by atomic mass is 32.1. The zero-order valence-electron chi connectivity index (χ0n) is 9.45. The Kier molecular flexibility index (Phi) is 2.53. The molecule has 0 aliphatic carbocycles. The van der Waals surface area contributed by atoms with E-state index in [4.69, 9.17) is 0 Å². The molecule has 0 aromatic carbocycles. The van der Waals surface area contributed by atoms with Crippen LogP contribution in [0.2, 0.25) is 0 Å². The minimum Gasteiger partial charge on any atom is -0.325 e. The normalized spacial score (nSPS) is 10.9. The lowest BCUT2D eigenvalue weighted by molar-refractivity contribution is 0.757. The van der Waals surface area contributed by atoms with Crippen molar-refractivity contribution in [3.8, 4) is 11.5 Å². The zero-order valence-corrected chi connectivity index (χ0v) is 10.3. The number of nitrogens with zero attached hydrogens (tertiary/aromatic N) is 4. The van der Waals surface area contributed by atoms with E-state index in [1.54, 1.807) is 16.0 Å². The number of hydrogen-bond donors (Lipinski definition) is 0. The van der Waals surface area contributed by atoms with Crippen LogP contribution < -0.4 is 0 Å². The van der Waals surface area contributed by atoms with Gasteiger partial charge in [-0.25, -0.2) is 4.98 Å². The summed E-state index contributed by atoms with van der Waals surface area (Å²) in [4.78, 5) is 4.37. The van der Waals surface area contributed by atoms with Gasteiger partial charge in [0.05, 0.1) is 0 Å². The van der Waals surface area contributed by atoms with Crippen molar-refractivity contribution in [2.45, 2.75) is 6.54 Å². The lowest BCUT2D eigenvalue weighted by Crippen LogP contribution is -2.00. The van der Waals surface area contributed by atoms with E-state index in [1.165, 1.54) is 5.56 Å². The first-order valence-corrected chi connectivity index (χ1v) is 6.29. The molecular weight excluding hydrogens is 232 g/mol. The number of hydrogen-bond acceptors (Lipinski definition) is 3. The van der Waals surface area contributed by atoms with Gasteiger partial charge in [0.25, 0.3) is 0 Å². The molecule has 0 fully saturated rings. The molecule has 0 radical (unpaired) electrons. The minimum atomic E-state index is 0.843. The fourth-order valence-electron chi connectivity index (χ4n) is 1.78. The van der Waals surface area contributed by atoms with Crippen molar-refractivity contribution in [3.05, 3.63) is 47.0 Å². The van der Waals surface area contributed by atoms with E-state index in [2.05, 4.69) is 31.5 Å². The van der Waals surface area contributed by atoms with E-state index in [0.29, 0.717) is 0 Å². The molecule has 0 atom stereocenters. The lowest BCUT2D eigenvalue weighted by Gasteiger charge is -2.04. The van der Waals surface area contributed by atoms with Gasteiger partial charge in [0, 0.05) is 32.2 Å². The average Bonchev–Trinajstić information content (AvgIpc) is 2.99. The van der Waals surface area contributed by atoms with E-state index in [9.17, 15) is 0 Å². The van der Waals surface area contributed by atoms with Gasteiger partial charge in [-0.15, -0.1) is 0 Å². The van der Waals surface area contributed by atoms with Crippen LogP contribution in [0.4, 0.5) is 0 Å². The Labute approximate surface area is 103 Å². The number of thiophene rings is 1. The highest BCUT2D eigenvalue weighted by Gasteiger charge is 2.08. The van der Waals surface area contributed by atoms with Crippen molar-refractivity contribution in [3.63, 3.8) is 0 Å². The average molecular weight is 244 g/mol. The predicted octanol–water partition coefficient (Wildman–Crippen LogP) is 2.39. The highest BCUT2D eigenvalue weighted by molar-refractivity contribution is 7.07. The summed E-state index contributed by atoms with van der Waals surface area (Å²) in [7, 11) is 1.91. The van der Waals surface area contributed by atoms with Crippen LogP contribution in [0.25, 0.3) is 11.5 Å². The monoisotopic (exact) mass is 244 g/mol. The van der Waals surface area contributed by atoms with Crippen LogP contribution in [0.5, 0.6) is 0 Å².